The lowest BCUT2D eigenvalue weighted by atomic mass is 9.92. The highest BCUT2D eigenvalue weighted by atomic mass is 19.1. The molecule has 0 aliphatic carbocycles. The third-order valence-electron chi connectivity index (χ3n) is 4.23. The lowest BCUT2D eigenvalue weighted by Crippen LogP contribution is -2.24. The van der Waals surface area contributed by atoms with Crippen molar-refractivity contribution >= 4 is 5.97 Å². The van der Waals surface area contributed by atoms with E-state index in [2.05, 4.69) is 0 Å². The maximum absolute atomic E-state index is 14.3. The molecule has 0 N–H and O–H groups in total. The molecule has 0 radical (unpaired) electrons. The van der Waals surface area contributed by atoms with Crippen LogP contribution in [0.3, 0.4) is 0 Å². The molecule has 4 heteroatoms. The number of ether oxygens (including phenoxy) is 1. The van der Waals surface area contributed by atoms with Crippen LogP contribution in [-0.2, 0) is 17.6 Å². The second-order valence-electron chi connectivity index (χ2n) is 5.93. The van der Waals surface area contributed by atoms with Crippen molar-refractivity contribution in [1.29, 1.82) is 0 Å². The maximum Gasteiger partial charge on any atom is 0.342 e. The Labute approximate surface area is 134 Å². The SMILES string of the molecule is CCCc1ccc(C2Cc3ccc(C)c(F)c3C(=O)O2)c(F)c1. The van der Waals surface area contributed by atoms with Crippen LogP contribution < -0.4 is 0 Å². The van der Waals surface area contributed by atoms with Gasteiger partial charge in [-0.3, -0.25) is 0 Å². The third-order valence-corrected chi connectivity index (χ3v) is 4.23. The van der Waals surface area contributed by atoms with E-state index in [1.165, 1.54) is 6.07 Å². The van der Waals surface area contributed by atoms with Gasteiger partial charge < -0.3 is 4.74 Å². The maximum atomic E-state index is 14.3. The Balaban J connectivity index is 1.95. The number of benzene rings is 2. The first-order chi connectivity index (χ1) is 11.0. The summed E-state index contributed by atoms with van der Waals surface area (Å²) in [7, 11) is 0. The van der Waals surface area contributed by atoms with Crippen LogP contribution in [-0.4, -0.2) is 5.97 Å². The van der Waals surface area contributed by atoms with Crippen LogP contribution in [0.1, 0.15) is 52.1 Å². The van der Waals surface area contributed by atoms with E-state index in [4.69, 9.17) is 4.74 Å². The number of carbonyl (C=O) groups excluding carboxylic acids is 1. The summed E-state index contributed by atoms with van der Waals surface area (Å²) in [6.07, 6.45) is 1.30. The number of hydrogen-bond donors (Lipinski definition) is 0. The van der Waals surface area contributed by atoms with E-state index >= 15 is 0 Å². The molecular formula is C19H18F2O2. The van der Waals surface area contributed by atoms with Crippen molar-refractivity contribution in [3.05, 3.63) is 69.8 Å². The highest BCUT2D eigenvalue weighted by Crippen LogP contribution is 2.34. The molecule has 0 aromatic heterocycles. The normalized spacial score (nSPS) is 16.9. The molecule has 23 heavy (non-hydrogen) atoms. The third kappa shape index (κ3) is 2.85. The summed E-state index contributed by atoms with van der Waals surface area (Å²) < 4.78 is 33.7. The quantitative estimate of drug-likeness (QED) is 0.769. The van der Waals surface area contributed by atoms with Crippen LogP contribution in [0.5, 0.6) is 0 Å². The van der Waals surface area contributed by atoms with E-state index in [9.17, 15) is 13.6 Å². The first-order valence-corrected chi connectivity index (χ1v) is 7.78. The van der Waals surface area contributed by atoms with Crippen molar-refractivity contribution in [3.63, 3.8) is 0 Å². The second-order valence-corrected chi connectivity index (χ2v) is 5.93. The Morgan fingerprint density at radius 1 is 1.22 bits per heavy atom. The predicted molar refractivity (Wildman–Crippen MR) is 83.4 cm³/mol. The zero-order valence-corrected chi connectivity index (χ0v) is 13.2. The Morgan fingerprint density at radius 2 is 2.00 bits per heavy atom. The number of fused-ring (bicyclic) bond motifs is 1. The van der Waals surface area contributed by atoms with Crippen LogP contribution in [0.15, 0.2) is 30.3 Å². The standard InChI is InChI=1S/C19H18F2O2/c1-3-4-12-6-8-14(15(20)9-12)16-10-13-7-5-11(2)18(21)17(13)19(22)23-16/h5-9,16H,3-4,10H2,1-2H3. The van der Waals surface area contributed by atoms with Gasteiger partial charge in [0.15, 0.2) is 0 Å². The van der Waals surface area contributed by atoms with E-state index in [0.29, 0.717) is 16.7 Å². The van der Waals surface area contributed by atoms with Gasteiger partial charge in [-0.05, 0) is 36.1 Å². The van der Waals surface area contributed by atoms with Gasteiger partial charge in [-0.25, -0.2) is 13.6 Å². The van der Waals surface area contributed by atoms with E-state index in [1.54, 1.807) is 25.1 Å². The lowest BCUT2D eigenvalue weighted by Gasteiger charge is -2.26. The molecule has 0 saturated heterocycles. The van der Waals surface area contributed by atoms with Crippen molar-refractivity contribution < 1.29 is 18.3 Å². The largest absolute Gasteiger partial charge is 0.453 e. The zero-order chi connectivity index (χ0) is 16.6. The van der Waals surface area contributed by atoms with Gasteiger partial charge in [0.2, 0.25) is 0 Å². The van der Waals surface area contributed by atoms with Crippen molar-refractivity contribution in [3.8, 4) is 0 Å². The molecule has 1 unspecified atom stereocenters. The van der Waals surface area contributed by atoms with Gasteiger partial charge in [0, 0.05) is 12.0 Å². The predicted octanol–water partition coefficient (Wildman–Crippen LogP) is 4.68. The summed E-state index contributed by atoms with van der Waals surface area (Å²) in [6, 6.07) is 8.34. The summed E-state index contributed by atoms with van der Waals surface area (Å²) in [5.74, 6) is -1.66. The molecule has 0 spiro atoms. The van der Waals surface area contributed by atoms with Gasteiger partial charge in [0.1, 0.15) is 17.7 Å². The molecule has 1 aliphatic heterocycles. The van der Waals surface area contributed by atoms with Crippen molar-refractivity contribution in [1.82, 2.24) is 0 Å². The molecule has 0 bridgehead atoms. The topological polar surface area (TPSA) is 26.3 Å². The van der Waals surface area contributed by atoms with Crippen molar-refractivity contribution in [2.45, 2.75) is 39.2 Å². The number of carbonyl (C=O) groups is 1. The molecule has 2 aromatic carbocycles. The number of halogens is 2. The van der Waals surface area contributed by atoms with Gasteiger partial charge in [-0.2, -0.15) is 0 Å². The zero-order valence-electron chi connectivity index (χ0n) is 13.2. The Kier molecular flexibility index (Phi) is 4.16. The molecule has 2 aromatic rings. The summed E-state index contributed by atoms with van der Waals surface area (Å²) >= 11 is 0. The number of aryl methyl sites for hydroxylation is 2. The number of rotatable bonds is 3. The number of esters is 1. The average molecular weight is 316 g/mol. The number of cyclic esters (lactones) is 1. The Hall–Kier alpha value is -2.23. The second kappa shape index (κ2) is 6.11. The van der Waals surface area contributed by atoms with Gasteiger partial charge in [-0.15, -0.1) is 0 Å². The highest BCUT2D eigenvalue weighted by Gasteiger charge is 2.32. The summed E-state index contributed by atoms with van der Waals surface area (Å²) in [5.41, 5.74) is 2.19. The monoisotopic (exact) mass is 316 g/mol. The Bertz CT molecular complexity index is 768. The Morgan fingerprint density at radius 3 is 2.70 bits per heavy atom. The molecule has 1 heterocycles. The smallest absolute Gasteiger partial charge is 0.342 e. The number of hydrogen-bond acceptors (Lipinski definition) is 2. The van der Waals surface area contributed by atoms with Crippen LogP contribution in [0.25, 0.3) is 0 Å². The molecule has 0 saturated carbocycles. The fraction of sp³-hybridized carbons (Fsp3) is 0.316. The molecule has 0 fully saturated rings. The van der Waals surface area contributed by atoms with E-state index in [0.717, 1.165) is 18.4 Å². The van der Waals surface area contributed by atoms with Gasteiger partial charge >= 0.3 is 5.97 Å². The van der Waals surface area contributed by atoms with Gasteiger partial charge in [-0.1, -0.05) is 37.6 Å². The first kappa shape index (κ1) is 15.7. The van der Waals surface area contributed by atoms with Crippen molar-refractivity contribution in [2.24, 2.45) is 0 Å². The molecule has 3 rings (SSSR count). The van der Waals surface area contributed by atoms with Crippen LogP contribution >= 0.6 is 0 Å². The summed E-state index contributed by atoms with van der Waals surface area (Å²) in [6.45, 7) is 3.63. The van der Waals surface area contributed by atoms with E-state index < -0.39 is 17.9 Å². The summed E-state index contributed by atoms with van der Waals surface area (Å²) in [4.78, 5) is 12.1. The lowest BCUT2D eigenvalue weighted by molar-refractivity contribution is 0.0237. The molecule has 1 atom stereocenters. The van der Waals surface area contributed by atoms with Crippen molar-refractivity contribution in [2.75, 3.05) is 0 Å². The van der Waals surface area contributed by atoms with Crippen LogP contribution in [0.4, 0.5) is 8.78 Å². The summed E-state index contributed by atoms with van der Waals surface area (Å²) in [5, 5.41) is 0. The minimum Gasteiger partial charge on any atom is -0.453 e. The minimum atomic E-state index is -0.727. The van der Waals surface area contributed by atoms with Gasteiger partial charge in [0.25, 0.3) is 0 Å². The van der Waals surface area contributed by atoms with E-state index in [1.807, 2.05) is 13.0 Å². The average Bonchev–Trinajstić information content (AvgIpc) is 2.51. The molecule has 120 valence electrons. The molecule has 1 aliphatic rings. The van der Waals surface area contributed by atoms with Gasteiger partial charge in [0.05, 0.1) is 5.56 Å². The molecular weight excluding hydrogens is 298 g/mol. The van der Waals surface area contributed by atoms with Crippen LogP contribution in [0.2, 0.25) is 0 Å². The van der Waals surface area contributed by atoms with Crippen LogP contribution in [0, 0.1) is 18.6 Å². The molecule has 2 nitrogen and oxygen atoms in total. The highest BCUT2D eigenvalue weighted by molar-refractivity contribution is 5.93. The first-order valence-electron chi connectivity index (χ1n) is 7.78. The molecule has 0 amide bonds. The minimum absolute atomic E-state index is 0.0238. The fourth-order valence-electron chi connectivity index (χ4n) is 2.99. The fourth-order valence-corrected chi connectivity index (χ4v) is 2.99. The van der Waals surface area contributed by atoms with E-state index in [-0.39, 0.29) is 17.8 Å².